The van der Waals surface area contributed by atoms with Crippen LogP contribution in [0.25, 0.3) is 121 Å². The molecule has 0 atom stereocenters. The van der Waals surface area contributed by atoms with Crippen molar-refractivity contribution >= 4 is 76.2 Å². The van der Waals surface area contributed by atoms with E-state index in [9.17, 15) is 0 Å². The standard InChI is InChI=1S/C51H29N3O2/c1-2-13-32-30(12-1)24-26-36-33-14-3-4-15-34(33)43(29-42(32)36)51-53-49(31-25-27-38-37-17-7-9-21-44(37)56-47(38)28-31)52-50(54-51)40-18-6-5-16-35(40)39-20-11-23-46-48(39)41-19-8-10-22-45(41)55-46/h1-29H. The quantitative estimate of drug-likeness (QED) is 0.170. The number of hydrogen-bond acceptors (Lipinski definition) is 5. The molecule has 9 aromatic carbocycles. The maximum Gasteiger partial charge on any atom is 0.164 e. The highest BCUT2D eigenvalue weighted by molar-refractivity contribution is 6.21. The van der Waals surface area contributed by atoms with Crippen LogP contribution in [0.3, 0.4) is 0 Å². The maximum atomic E-state index is 6.36. The third kappa shape index (κ3) is 4.64. The lowest BCUT2D eigenvalue weighted by molar-refractivity contribution is 0.668. The highest BCUT2D eigenvalue weighted by atomic mass is 16.3. The lowest BCUT2D eigenvalue weighted by Gasteiger charge is -2.15. The van der Waals surface area contributed by atoms with Crippen molar-refractivity contribution in [3.8, 4) is 45.3 Å². The number of furan rings is 2. The van der Waals surface area contributed by atoms with E-state index in [1.807, 2.05) is 42.5 Å². The summed E-state index contributed by atoms with van der Waals surface area (Å²) in [5, 5.41) is 11.2. The summed E-state index contributed by atoms with van der Waals surface area (Å²) >= 11 is 0. The van der Waals surface area contributed by atoms with Gasteiger partial charge in [0.05, 0.1) is 0 Å². The van der Waals surface area contributed by atoms with Crippen molar-refractivity contribution in [3.63, 3.8) is 0 Å². The first-order valence-corrected chi connectivity index (χ1v) is 18.8. The number of benzene rings is 9. The van der Waals surface area contributed by atoms with Gasteiger partial charge in [0.25, 0.3) is 0 Å². The summed E-state index contributed by atoms with van der Waals surface area (Å²) in [5.74, 6) is 1.75. The molecule has 0 aliphatic carbocycles. The van der Waals surface area contributed by atoms with E-state index in [4.69, 9.17) is 23.8 Å². The molecule has 0 bridgehead atoms. The van der Waals surface area contributed by atoms with Gasteiger partial charge in [-0.25, -0.2) is 15.0 Å². The minimum absolute atomic E-state index is 0.566. The summed E-state index contributed by atoms with van der Waals surface area (Å²) < 4.78 is 12.7. The summed E-state index contributed by atoms with van der Waals surface area (Å²) in [4.78, 5) is 16.0. The van der Waals surface area contributed by atoms with Crippen LogP contribution in [0, 0.1) is 0 Å². The first-order valence-electron chi connectivity index (χ1n) is 18.8. The van der Waals surface area contributed by atoms with Crippen molar-refractivity contribution in [3.05, 3.63) is 176 Å². The molecule has 0 N–H and O–H groups in total. The van der Waals surface area contributed by atoms with Gasteiger partial charge in [-0.15, -0.1) is 0 Å². The van der Waals surface area contributed by atoms with Crippen LogP contribution in [0.15, 0.2) is 185 Å². The zero-order valence-corrected chi connectivity index (χ0v) is 29.9. The lowest BCUT2D eigenvalue weighted by Crippen LogP contribution is -2.02. The third-order valence-corrected chi connectivity index (χ3v) is 11.1. The summed E-state index contributed by atoms with van der Waals surface area (Å²) in [5.41, 5.74) is 8.08. The predicted octanol–water partition coefficient (Wildman–Crippen LogP) is 13.8. The minimum Gasteiger partial charge on any atom is -0.456 e. The van der Waals surface area contributed by atoms with E-state index in [-0.39, 0.29) is 0 Å². The van der Waals surface area contributed by atoms with E-state index in [0.717, 1.165) is 87.9 Å². The highest BCUT2D eigenvalue weighted by Gasteiger charge is 2.21. The Hall–Kier alpha value is -7.63. The molecule has 5 heteroatoms. The number of fused-ring (bicyclic) bond motifs is 11. The van der Waals surface area contributed by atoms with Crippen molar-refractivity contribution in [2.24, 2.45) is 0 Å². The second-order valence-corrected chi connectivity index (χ2v) is 14.3. The number of rotatable bonds is 4. The number of hydrogen-bond donors (Lipinski definition) is 0. The largest absolute Gasteiger partial charge is 0.456 e. The Labute approximate surface area is 320 Å². The molecule has 0 fully saturated rings. The Balaban J connectivity index is 1.15. The molecular weight excluding hydrogens is 687 g/mol. The monoisotopic (exact) mass is 715 g/mol. The molecule has 0 saturated heterocycles. The van der Waals surface area contributed by atoms with E-state index in [1.54, 1.807) is 0 Å². The van der Waals surface area contributed by atoms with Crippen molar-refractivity contribution in [2.75, 3.05) is 0 Å². The van der Waals surface area contributed by atoms with E-state index in [1.165, 1.54) is 16.2 Å². The van der Waals surface area contributed by atoms with Crippen LogP contribution in [0.2, 0.25) is 0 Å². The molecule has 0 unspecified atom stereocenters. The first kappa shape index (κ1) is 30.8. The van der Waals surface area contributed by atoms with E-state index >= 15 is 0 Å². The molecule has 56 heavy (non-hydrogen) atoms. The van der Waals surface area contributed by atoms with Crippen molar-refractivity contribution in [2.45, 2.75) is 0 Å². The van der Waals surface area contributed by atoms with Gasteiger partial charge in [0.1, 0.15) is 22.3 Å². The molecule has 0 aliphatic heterocycles. The zero-order chi connectivity index (χ0) is 36.7. The molecule has 5 nitrogen and oxygen atoms in total. The fourth-order valence-electron chi connectivity index (χ4n) is 8.57. The van der Waals surface area contributed by atoms with E-state index < -0.39 is 0 Å². The second-order valence-electron chi connectivity index (χ2n) is 14.3. The Morgan fingerprint density at radius 1 is 0.286 bits per heavy atom. The zero-order valence-electron chi connectivity index (χ0n) is 29.9. The second kappa shape index (κ2) is 11.9. The average Bonchev–Trinajstić information content (AvgIpc) is 3.84. The molecule has 260 valence electrons. The summed E-state index contributed by atoms with van der Waals surface area (Å²) in [6.45, 7) is 0. The Morgan fingerprint density at radius 3 is 1.70 bits per heavy atom. The molecule has 0 saturated carbocycles. The van der Waals surface area contributed by atoms with Crippen LogP contribution in [-0.2, 0) is 0 Å². The molecule has 0 aliphatic rings. The Morgan fingerprint density at radius 2 is 0.839 bits per heavy atom. The molecule has 0 radical (unpaired) electrons. The van der Waals surface area contributed by atoms with Gasteiger partial charge in [0, 0.05) is 38.2 Å². The normalized spacial score (nSPS) is 11.9. The minimum atomic E-state index is 0.566. The molecule has 3 heterocycles. The smallest absolute Gasteiger partial charge is 0.164 e. The van der Waals surface area contributed by atoms with Gasteiger partial charge in [0.2, 0.25) is 0 Å². The summed E-state index contributed by atoms with van der Waals surface area (Å²) in [7, 11) is 0. The van der Waals surface area contributed by atoms with Crippen LogP contribution < -0.4 is 0 Å². The van der Waals surface area contributed by atoms with Crippen LogP contribution in [0.4, 0.5) is 0 Å². The molecule has 12 rings (SSSR count). The fraction of sp³-hybridized carbons (Fsp3) is 0. The molecule has 12 aromatic rings. The first-order chi connectivity index (χ1) is 27.7. The molecule has 0 spiro atoms. The van der Waals surface area contributed by atoms with Crippen molar-refractivity contribution < 1.29 is 8.83 Å². The fourth-order valence-corrected chi connectivity index (χ4v) is 8.57. The van der Waals surface area contributed by atoms with Crippen molar-refractivity contribution in [1.29, 1.82) is 0 Å². The average molecular weight is 716 g/mol. The predicted molar refractivity (Wildman–Crippen MR) is 229 cm³/mol. The van der Waals surface area contributed by atoms with Gasteiger partial charge >= 0.3 is 0 Å². The van der Waals surface area contributed by atoms with Gasteiger partial charge in [-0.05, 0) is 79.8 Å². The Kier molecular flexibility index (Phi) is 6.56. The van der Waals surface area contributed by atoms with Crippen molar-refractivity contribution in [1.82, 2.24) is 15.0 Å². The lowest BCUT2D eigenvalue weighted by atomic mass is 9.93. The van der Waals surface area contributed by atoms with Gasteiger partial charge in [-0.1, -0.05) is 140 Å². The van der Waals surface area contributed by atoms with Crippen LogP contribution in [-0.4, -0.2) is 15.0 Å². The molecular formula is C51H29N3O2. The topological polar surface area (TPSA) is 65.0 Å². The molecule has 3 aromatic heterocycles. The van der Waals surface area contributed by atoms with Crippen LogP contribution in [0.5, 0.6) is 0 Å². The SMILES string of the molecule is c1ccc(-c2cccc3oc4ccccc4c23)c(-c2nc(-c3ccc4c(c3)oc3ccccc34)nc(-c3cc4c5ccccc5ccc4c4ccccc34)n2)c1. The number of para-hydroxylation sites is 2. The van der Waals surface area contributed by atoms with Crippen LogP contribution in [0.1, 0.15) is 0 Å². The van der Waals surface area contributed by atoms with Gasteiger partial charge in [-0.3, -0.25) is 0 Å². The van der Waals surface area contributed by atoms with Gasteiger partial charge in [0.15, 0.2) is 17.5 Å². The van der Waals surface area contributed by atoms with Gasteiger partial charge < -0.3 is 8.83 Å². The maximum absolute atomic E-state index is 6.36. The summed E-state index contributed by atoms with van der Waals surface area (Å²) in [6, 6.07) is 61.0. The summed E-state index contributed by atoms with van der Waals surface area (Å²) in [6.07, 6.45) is 0. The van der Waals surface area contributed by atoms with Crippen LogP contribution >= 0.6 is 0 Å². The van der Waals surface area contributed by atoms with E-state index in [0.29, 0.717) is 17.5 Å². The van der Waals surface area contributed by atoms with Gasteiger partial charge in [-0.2, -0.15) is 0 Å². The Bertz CT molecular complexity index is 3560. The number of nitrogens with zero attached hydrogens (tertiary/aromatic N) is 3. The van der Waals surface area contributed by atoms with E-state index in [2.05, 4.69) is 133 Å². The molecule has 0 amide bonds. The third-order valence-electron chi connectivity index (χ3n) is 11.1. The highest BCUT2D eigenvalue weighted by Crippen LogP contribution is 2.42. The number of aromatic nitrogens is 3.